The lowest BCUT2D eigenvalue weighted by molar-refractivity contribution is 0.0306. The van der Waals surface area contributed by atoms with E-state index in [1.54, 1.807) is 0 Å². The molecule has 3 rings (SSSR count). The first-order valence-corrected chi connectivity index (χ1v) is 8.03. The third kappa shape index (κ3) is 3.05. The van der Waals surface area contributed by atoms with Gasteiger partial charge in [0.2, 0.25) is 0 Å². The number of rotatable bonds is 3. The molecule has 3 heteroatoms. The average Bonchev–Trinajstić information content (AvgIpc) is 2.56. The minimum Gasteiger partial charge on any atom is -0.395 e. The molecule has 1 aliphatic heterocycles. The summed E-state index contributed by atoms with van der Waals surface area (Å²) in [4.78, 5) is 2.58. The van der Waals surface area contributed by atoms with Gasteiger partial charge in [-0.15, -0.1) is 0 Å². The fourth-order valence-corrected chi connectivity index (χ4v) is 3.76. The zero-order valence-corrected chi connectivity index (χ0v) is 12.2. The number of nitrogens with one attached hydrogen (secondary N) is 1. The maximum absolute atomic E-state index is 9.67. The second-order valence-corrected chi connectivity index (χ2v) is 6.20. The molecular weight excluding hydrogens is 248 g/mol. The van der Waals surface area contributed by atoms with Gasteiger partial charge in [-0.3, -0.25) is 4.90 Å². The van der Waals surface area contributed by atoms with Crippen molar-refractivity contribution in [1.82, 2.24) is 10.2 Å². The van der Waals surface area contributed by atoms with Crippen molar-refractivity contribution in [3.63, 3.8) is 0 Å². The predicted octanol–water partition coefficient (Wildman–Crippen LogP) is 2.33. The number of aliphatic hydroxyl groups is 1. The molecule has 2 aliphatic rings. The Labute approximate surface area is 122 Å². The SMILES string of the molecule is OCC1CNC(c2ccccc2)CN1C1CCCCC1. The summed E-state index contributed by atoms with van der Waals surface area (Å²) < 4.78 is 0. The first-order valence-electron chi connectivity index (χ1n) is 8.03. The third-order valence-corrected chi connectivity index (χ3v) is 4.92. The molecule has 1 heterocycles. The van der Waals surface area contributed by atoms with E-state index < -0.39 is 0 Å². The molecule has 0 amide bonds. The van der Waals surface area contributed by atoms with Crippen molar-refractivity contribution in [2.24, 2.45) is 0 Å². The van der Waals surface area contributed by atoms with Crippen LogP contribution in [0, 0.1) is 0 Å². The molecule has 1 aliphatic carbocycles. The van der Waals surface area contributed by atoms with Crippen molar-refractivity contribution < 1.29 is 5.11 Å². The Bertz CT molecular complexity index is 403. The maximum atomic E-state index is 9.67. The number of aliphatic hydroxyl groups excluding tert-OH is 1. The average molecular weight is 274 g/mol. The van der Waals surface area contributed by atoms with Crippen LogP contribution in [0.4, 0.5) is 0 Å². The van der Waals surface area contributed by atoms with Crippen LogP contribution >= 0.6 is 0 Å². The highest BCUT2D eigenvalue weighted by Crippen LogP contribution is 2.28. The van der Waals surface area contributed by atoms with Gasteiger partial charge >= 0.3 is 0 Å². The van der Waals surface area contributed by atoms with Gasteiger partial charge in [-0.1, -0.05) is 49.6 Å². The maximum Gasteiger partial charge on any atom is 0.0599 e. The molecule has 0 spiro atoms. The largest absolute Gasteiger partial charge is 0.395 e. The van der Waals surface area contributed by atoms with Crippen LogP contribution in [0.15, 0.2) is 30.3 Å². The zero-order valence-electron chi connectivity index (χ0n) is 12.2. The van der Waals surface area contributed by atoms with Gasteiger partial charge in [0.05, 0.1) is 6.61 Å². The summed E-state index contributed by atoms with van der Waals surface area (Å²) in [5.74, 6) is 0. The van der Waals surface area contributed by atoms with Gasteiger partial charge < -0.3 is 10.4 Å². The highest BCUT2D eigenvalue weighted by atomic mass is 16.3. The van der Waals surface area contributed by atoms with E-state index >= 15 is 0 Å². The predicted molar refractivity (Wildman–Crippen MR) is 81.6 cm³/mol. The van der Waals surface area contributed by atoms with Crippen molar-refractivity contribution in [2.45, 2.75) is 50.2 Å². The molecule has 0 aromatic heterocycles. The Balaban J connectivity index is 1.72. The van der Waals surface area contributed by atoms with E-state index in [2.05, 4.69) is 40.5 Å². The van der Waals surface area contributed by atoms with Crippen LogP contribution in [0.1, 0.15) is 43.7 Å². The fourth-order valence-electron chi connectivity index (χ4n) is 3.76. The summed E-state index contributed by atoms with van der Waals surface area (Å²) in [5.41, 5.74) is 1.37. The molecule has 1 saturated carbocycles. The van der Waals surface area contributed by atoms with Crippen LogP contribution in [0.5, 0.6) is 0 Å². The van der Waals surface area contributed by atoms with Crippen molar-refractivity contribution in [2.75, 3.05) is 19.7 Å². The number of hydrogen-bond acceptors (Lipinski definition) is 3. The smallest absolute Gasteiger partial charge is 0.0599 e. The van der Waals surface area contributed by atoms with Crippen LogP contribution in [0.2, 0.25) is 0 Å². The normalized spacial score (nSPS) is 29.4. The van der Waals surface area contributed by atoms with Crippen LogP contribution in [0.25, 0.3) is 0 Å². The Morgan fingerprint density at radius 3 is 2.55 bits per heavy atom. The zero-order chi connectivity index (χ0) is 13.8. The molecule has 0 radical (unpaired) electrons. The molecule has 2 atom stereocenters. The van der Waals surface area contributed by atoms with E-state index in [9.17, 15) is 5.11 Å². The van der Waals surface area contributed by atoms with E-state index in [1.807, 2.05) is 0 Å². The van der Waals surface area contributed by atoms with Crippen LogP contribution in [-0.4, -0.2) is 41.8 Å². The third-order valence-electron chi connectivity index (χ3n) is 4.92. The number of benzene rings is 1. The number of piperazine rings is 1. The van der Waals surface area contributed by atoms with E-state index in [0.29, 0.717) is 12.1 Å². The summed E-state index contributed by atoms with van der Waals surface area (Å²) in [5, 5.41) is 13.3. The molecule has 2 unspecified atom stereocenters. The van der Waals surface area contributed by atoms with Crippen LogP contribution < -0.4 is 5.32 Å². The molecule has 1 saturated heterocycles. The molecule has 3 nitrogen and oxygen atoms in total. The molecule has 110 valence electrons. The summed E-state index contributed by atoms with van der Waals surface area (Å²) in [6, 6.07) is 12.1. The first kappa shape index (κ1) is 14.1. The van der Waals surface area contributed by atoms with Gasteiger partial charge in [-0.05, 0) is 18.4 Å². The molecule has 20 heavy (non-hydrogen) atoms. The summed E-state index contributed by atoms with van der Waals surface area (Å²) >= 11 is 0. The van der Waals surface area contributed by atoms with Gasteiger partial charge in [0.25, 0.3) is 0 Å². The van der Waals surface area contributed by atoms with E-state index in [1.165, 1.54) is 37.7 Å². The topological polar surface area (TPSA) is 35.5 Å². The molecule has 2 fully saturated rings. The minimum atomic E-state index is 0.269. The van der Waals surface area contributed by atoms with Gasteiger partial charge in [0, 0.05) is 31.2 Å². The molecule has 0 bridgehead atoms. The lowest BCUT2D eigenvalue weighted by atomic mass is 9.91. The van der Waals surface area contributed by atoms with Crippen molar-refractivity contribution in [1.29, 1.82) is 0 Å². The molecule has 1 aromatic carbocycles. The van der Waals surface area contributed by atoms with E-state index in [0.717, 1.165) is 13.1 Å². The Kier molecular flexibility index (Phi) is 4.71. The summed E-state index contributed by atoms with van der Waals surface area (Å²) in [7, 11) is 0. The number of nitrogens with zero attached hydrogens (tertiary/aromatic N) is 1. The minimum absolute atomic E-state index is 0.269. The quantitative estimate of drug-likeness (QED) is 0.888. The summed E-state index contributed by atoms with van der Waals surface area (Å²) in [6.07, 6.45) is 6.69. The van der Waals surface area contributed by atoms with E-state index in [4.69, 9.17) is 0 Å². The van der Waals surface area contributed by atoms with Crippen LogP contribution in [-0.2, 0) is 0 Å². The first-order chi connectivity index (χ1) is 9.88. The molecule has 2 N–H and O–H groups in total. The standard InChI is InChI=1S/C17H26N2O/c20-13-16-11-18-17(14-7-3-1-4-8-14)12-19(16)15-9-5-2-6-10-15/h1,3-4,7-8,15-18,20H,2,5-6,9-13H2. The highest BCUT2D eigenvalue weighted by Gasteiger charge is 2.33. The van der Waals surface area contributed by atoms with Gasteiger partial charge in [-0.2, -0.15) is 0 Å². The van der Waals surface area contributed by atoms with Crippen molar-refractivity contribution in [3.8, 4) is 0 Å². The van der Waals surface area contributed by atoms with Gasteiger partial charge in [0.1, 0.15) is 0 Å². The van der Waals surface area contributed by atoms with Crippen molar-refractivity contribution in [3.05, 3.63) is 35.9 Å². The lowest BCUT2D eigenvalue weighted by Gasteiger charge is -2.45. The fraction of sp³-hybridized carbons (Fsp3) is 0.647. The van der Waals surface area contributed by atoms with Crippen molar-refractivity contribution >= 4 is 0 Å². The highest BCUT2D eigenvalue weighted by molar-refractivity contribution is 5.20. The van der Waals surface area contributed by atoms with Crippen LogP contribution in [0.3, 0.4) is 0 Å². The summed E-state index contributed by atoms with van der Waals surface area (Å²) in [6.45, 7) is 2.19. The second kappa shape index (κ2) is 6.70. The Morgan fingerprint density at radius 1 is 1.10 bits per heavy atom. The molecular formula is C17H26N2O. The van der Waals surface area contributed by atoms with Gasteiger partial charge in [-0.25, -0.2) is 0 Å². The Morgan fingerprint density at radius 2 is 1.85 bits per heavy atom. The monoisotopic (exact) mass is 274 g/mol. The van der Waals surface area contributed by atoms with Gasteiger partial charge in [0.15, 0.2) is 0 Å². The lowest BCUT2D eigenvalue weighted by Crippen LogP contribution is -2.58. The number of hydrogen-bond donors (Lipinski definition) is 2. The molecule has 1 aromatic rings. The Hall–Kier alpha value is -0.900. The van der Waals surface area contributed by atoms with E-state index in [-0.39, 0.29) is 12.6 Å². The second-order valence-electron chi connectivity index (χ2n) is 6.20.